The number of aromatic nitrogens is 6. The molecule has 0 unspecified atom stereocenters. The number of nitrogens with one attached hydrogen (secondary N) is 1. The summed E-state index contributed by atoms with van der Waals surface area (Å²) in [6.07, 6.45) is 4.15. The molecule has 0 aliphatic carbocycles. The second kappa shape index (κ2) is 6.71. The van der Waals surface area contributed by atoms with Gasteiger partial charge in [0.1, 0.15) is 9.79 Å². The van der Waals surface area contributed by atoms with Gasteiger partial charge in [0.15, 0.2) is 0 Å². The quantitative estimate of drug-likeness (QED) is 0.503. The van der Waals surface area contributed by atoms with Gasteiger partial charge in [-0.2, -0.15) is 18.0 Å². The van der Waals surface area contributed by atoms with E-state index in [2.05, 4.69) is 36.7 Å². The van der Waals surface area contributed by atoms with Crippen LogP contribution < -0.4 is 10.0 Å². The average molecular weight is 437 g/mol. The van der Waals surface area contributed by atoms with E-state index >= 15 is 0 Å². The Balaban J connectivity index is 2.11. The van der Waals surface area contributed by atoms with Crippen LogP contribution in [0.15, 0.2) is 38.7 Å². The molecule has 0 bridgehead atoms. The molecule has 13 nitrogen and oxygen atoms in total. The van der Waals surface area contributed by atoms with Gasteiger partial charge in [0.05, 0.1) is 11.3 Å². The second-order valence-corrected chi connectivity index (χ2v) is 9.24. The number of tetrazole rings is 1. The van der Waals surface area contributed by atoms with Gasteiger partial charge in [-0.25, -0.2) is 18.5 Å². The molecule has 0 radical (unpaired) electrons. The topological polar surface area (TPSA) is 182 Å². The van der Waals surface area contributed by atoms with Crippen molar-refractivity contribution < 1.29 is 16.8 Å². The predicted molar refractivity (Wildman–Crippen MR) is 102 cm³/mol. The highest BCUT2D eigenvalue weighted by molar-refractivity contribution is 7.93. The highest BCUT2D eigenvalue weighted by Crippen LogP contribution is 2.41. The van der Waals surface area contributed by atoms with Gasteiger partial charge in [0.2, 0.25) is 21.8 Å². The smallest absolute Gasteiger partial charge is 0.283 e. The fraction of sp³-hybridized carbons (Fsp3) is 0.214. The largest absolute Gasteiger partial charge is 0.317 e. The number of anilines is 2. The molecule has 29 heavy (non-hydrogen) atoms. The lowest BCUT2D eigenvalue weighted by Gasteiger charge is -2.31. The third-order valence-corrected chi connectivity index (χ3v) is 6.77. The lowest BCUT2D eigenvalue weighted by Crippen LogP contribution is -2.29. The number of aromatic amines is 1. The highest BCUT2D eigenvalue weighted by Gasteiger charge is 2.34. The number of aryl methyl sites for hydroxylation is 1. The van der Waals surface area contributed by atoms with Crippen LogP contribution in [0.25, 0.3) is 11.4 Å². The lowest BCUT2D eigenvalue weighted by atomic mass is 10.1. The summed E-state index contributed by atoms with van der Waals surface area (Å²) >= 11 is 0. The van der Waals surface area contributed by atoms with Crippen molar-refractivity contribution in [1.82, 2.24) is 30.2 Å². The van der Waals surface area contributed by atoms with Gasteiger partial charge in [-0.3, -0.25) is 0 Å². The minimum absolute atomic E-state index is 0.123. The second-order valence-electron chi connectivity index (χ2n) is 6.10. The van der Waals surface area contributed by atoms with E-state index in [0.717, 1.165) is 19.0 Å². The summed E-state index contributed by atoms with van der Waals surface area (Å²) in [6.45, 7) is 4.24. The zero-order chi connectivity index (χ0) is 20.8. The first kappa shape index (κ1) is 19.2. The third-order valence-electron chi connectivity index (χ3n) is 4.41. The maximum absolute atomic E-state index is 12.5. The molecule has 1 aromatic carbocycles. The molecule has 0 atom stereocenters. The van der Waals surface area contributed by atoms with Gasteiger partial charge < -0.3 is 9.47 Å². The first-order valence-corrected chi connectivity index (χ1v) is 11.2. The van der Waals surface area contributed by atoms with E-state index in [1.54, 1.807) is 17.3 Å². The van der Waals surface area contributed by atoms with Crippen LogP contribution in [0.5, 0.6) is 0 Å². The molecular formula is C14H15N9O4S2. The summed E-state index contributed by atoms with van der Waals surface area (Å²) in [6, 6.07) is 2.55. The summed E-state index contributed by atoms with van der Waals surface area (Å²) < 4.78 is 54.7. The van der Waals surface area contributed by atoms with Crippen molar-refractivity contribution in [3.8, 4) is 11.4 Å². The Bertz CT molecular complexity index is 1300. The van der Waals surface area contributed by atoms with E-state index in [1.807, 2.05) is 4.57 Å². The van der Waals surface area contributed by atoms with Crippen LogP contribution in [0.2, 0.25) is 0 Å². The van der Waals surface area contributed by atoms with E-state index in [4.69, 9.17) is 5.14 Å². The fourth-order valence-electron chi connectivity index (χ4n) is 3.26. The monoisotopic (exact) mass is 437 g/mol. The van der Waals surface area contributed by atoms with E-state index in [-0.39, 0.29) is 11.4 Å². The molecule has 1 aliphatic rings. The van der Waals surface area contributed by atoms with Crippen LogP contribution in [0, 0.1) is 0 Å². The molecule has 2 aromatic heterocycles. The zero-order valence-corrected chi connectivity index (χ0v) is 16.4. The first-order valence-electron chi connectivity index (χ1n) is 8.19. The molecule has 152 valence electrons. The fourth-order valence-corrected chi connectivity index (χ4v) is 5.47. The number of nitrogens with two attached hydrogens (primary N) is 1. The van der Waals surface area contributed by atoms with Gasteiger partial charge >= 0.3 is 0 Å². The lowest BCUT2D eigenvalue weighted by molar-refractivity contribution is 0.583. The maximum Gasteiger partial charge on any atom is 0.283 e. The van der Waals surface area contributed by atoms with E-state index in [0.29, 0.717) is 18.2 Å². The molecule has 0 amide bonds. The number of hydrogen-bond acceptors (Lipinski definition) is 9. The summed E-state index contributed by atoms with van der Waals surface area (Å²) in [5, 5.41) is 18.8. The normalized spacial score (nSPS) is 14.6. The van der Waals surface area contributed by atoms with Gasteiger partial charge in [-0.05, 0) is 23.8 Å². The Morgan fingerprint density at radius 3 is 2.66 bits per heavy atom. The first-order chi connectivity index (χ1) is 13.7. The number of benzene rings is 1. The molecule has 3 heterocycles. The van der Waals surface area contributed by atoms with Crippen molar-refractivity contribution in [2.24, 2.45) is 9.54 Å². The number of fused-ring (bicyclic) bond motifs is 1. The molecule has 0 saturated heterocycles. The standard InChI is InChI=1S/C14H15N9O4S2/c1-16-29(26,27)10-4-3-9(23-7-2-6-22-8-5-17-14(22)23)11(12(10)28(15,24)25)13-18-20-21-19-13/h3-5,8H,1-2,6-7H2,(H2,15,24,25)(H,18,19,20,21). The Labute approximate surface area is 165 Å². The summed E-state index contributed by atoms with van der Waals surface area (Å²) in [5.41, 5.74) is 0.188. The number of imidazole rings is 1. The maximum atomic E-state index is 12.5. The molecule has 3 N–H and O–H groups in total. The molecule has 1 aliphatic heterocycles. The molecule has 0 fully saturated rings. The Hall–Kier alpha value is -3.17. The molecule has 0 spiro atoms. The number of H-pyrrole nitrogens is 1. The Morgan fingerprint density at radius 1 is 1.21 bits per heavy atom. The highest BCUT2D eigenvalue weighted by atomic mass is 32.2. The van der Waals surface area contributed by atoms with Crippen molar-refractivity contribution in [1.29, 1.82) is 0 Å². The van der Waals surface area contributed by atoms with E-state index in [9.17, 15) is 16.8 Å². The van der Waals surface area contributed by atoms with Crippen LogP contribution in [0.1, 0.15) is 6.42 Å². The van der Waals surface area contributed by atoms with Crippen LogP contribution >= 0.6 is 0 Å². The number of nitrogens with zero attached hydrogens (tertiary/aromatic N) is 7. The molecule has 3 aromatic rings. The minimum Gasteiger partial charge on any atom is -0.317 e. The van der Waals surface area contributed by atoms with Crippen LogP contribution in [-0.2, 0) is 26.6 Å². The van der Waals surface area contributed by atoms with Crippen molar-refractivity contribution in [2.75, 3.05) is 11.4 Å². The third kappa shape index (κ3) is 3.18. The number of primary sulfonamides is 1. The van der Waals surface area contributed by atoms with Gasteiger partial charge in [0, 0.05) is 32.2 Å². The molecule has 4 rings (SSSR count). The summed E-state index contributed by atoms with van der Waals surface area (Å²) in [5.74, 6) is 0.410. The summed E-state index contributed by atoms with van der Waals surface area (Å²) in [7, 11) is -8.94. The zero-order valence-electron chi connectivity index (χ0n) is 14.8. The number of hydrogen-bond donors (Lipinski definition) is 2. The molecular weight excluding hydrogens is 422 g/mol. The van der Waals surface area contributed by atoms with Crippen molar-refractivity contribution >= 4 is 38.4 Å². The molecule has 15 heteroatoms. The van der Waals surface area contributed by atoms with Crippen LogP contribution in [0.3, 0.4) is 0 Å². The predicted octanol–water partition coefficient (Wildman–Crippen LogP) is -0.358. The summed E-state index contributed by atoms with van der Waals surface area (Å²) in [4.78, 5) is 4.74. The SMILES string of the molecule is C=NS(=O)(=O)c1ccc(N2CCCn3ccnc32)c(-c2nn[nH]n2)c1S(N)(=O)=O. The minimum atomic E-state index is -4.55. The van der Waals surface area contributed by atoms with E-state index < -0.39 is 29.8 Å². The number of sulfonamides is 2. The van der Waals surface area contributed by atoms with Gasteiger partial charge in [-0.1, -0.05) is 0 Å². The van der Waals surface area contributed by atoms with E-state index in [1.165, 1.54) is 6.07 Å². The van der Waals surface area contributed by atoms with Crippen molar-refractivity contribution in [3.63, 3.8) is 0 Å². The molecule has 0 saturated carbocycles. The van der Waals surface area contributed by atoms with Crippen LogP contribution in [0.4, 0.5) is 11.6 Å². The van der Waals surface area contributed by atoms with Gasteiger partial charge in [0.25, 0.3) is 10.0 Å². The Kier molecular flexibility index (Phi) is 4.44. The average Bonchev–Trinajstić information content (AvgIpc) is 3.37. The van der Waals surface area contributed by atoms with Gasteiger partial charge in [-0.15, -0.1) is 10.2 Å². The van der Waals surface area contributed by atoms with Crippen LogP contribution in [-0.4, -0.2) is 60.3 Å². The van der Waals surface area contributed by atoms with Crippen molar-refractivity contribution in [2.45, 2.75) is 22.8 Å². The van der Waals surface area contributed by atoms with Crippen molar-refractivity contribution in [3.05, 3.63) is 24.5 Å². The Morgan fingerprint density at radius 2 is 2.00 bits per heavy atom. The number of rotatable bonds is 5.